The van der Waals surface area contributed by atoms with Crippen LogP contribution in [0.1, 0.15) is 37.6 Å². The van der Waals surface area contributed by atoms with Crippen molar-refractivity contribution in [2.45, 2.75) is 18.7 Å². The average Bonchev–Trinajstić information content (AvgIpc) is 3.46. The lowest BCUT2D eigenvalue weighted by atomic mass is 10.1. The first-order valence-corrected chi connectivity index (χ1v) is 13.1. The van der Waals surface area contributed by atoms with Gasteiger partial charge in [0, 0.05) is 5.56 Å². The molecule has 200 valence electrons. The Balaban J connectivity index is 1.42. The molecule has 0 saturated heterocycles. The molecule has 0 aliphatic rings. The van der Waals surface area contributed by atoms with Crippen LogP contribution in [0.25, 0.3) is 0 Å². The van der Waals surface area contributed by atoms with E-state index in [0.29, 0.717) is 11.3 Å². The first kappa shape index (κ1) is 27.1. The van der Waals surface area contributed by atoms with Crippen molar-refractivity contribution in [3.8, 4) is 11.5 Å². The Morgan fingerprint density at radius 2 is 1.77 bits per heavy atom. The van der Waals surface area contributed by atoms with Gasteiger partial charge in [0.1, 0.15) is 0 Å². The maximum Gasteiger partial charge on any atom is 0.379 e. The van der Waals surface area contributed by atoms with Crippen LogP contribution in [0, 0.1) is 13.8 Å². The number of nitrogens with one attached hydrogen (secondary N) is 2. The summed E-state index contributed by atoms with van der Waals surface area (Å²) in [6, 6.07) is 18.7. The van der Waals surface area contributed by atoms with Crippen molar-refractivity contribution in [1.82, 2.24) is 5.43 Å². The van der Waals surface area contributed by atoms with Crippen LogP contribution in [-0.4, -0.2) is 33.6 Å². The minimum atomic E-state index is -3.93. The second-order valence-electron chi connectivity index (χ2n) is 8.43. The molecule has 11 heteroatoms. The lowest BCUT2D eigenvalue weighted by Crippen LogP contribution is -2.19. The lowest BCUT2D eigenvalue weighted by molar-refractivity contribution is 0.0696. The molecule has 4 rings (SSSR count). The number of hydrogen-bond acceptors (Lipinski definition) is 8. The zero-order valence-electron chi connectivity index (χ0n) is 21.3. The van der Waals surface area contributed by atoms with Gasteiger partial charge in [-0.25, -0.2) is 18.6 Å². The van der Waals surface area contributed by atoms with E-state index in [1.165, 1.54) is 56.0 Å². The molecule has 0 radical (unpaired) electrons. The molecule has 0 saturated carbocycles. The van der Waals surface area contributed by atoms with Gasteiger partial charge < -0.3 is 13.9 Å². The predicted octanol–water partition coefficient (Wildman–Crippen LogP) is 4.69. The number of anilines is 1. The van der Waals surface area contributed by atoms with Crippen molar-refractivity contribution < 1.29 is 31.9 Å². The quantitative estimate of drug-likeness (QED) is 0.134. The van der Waals surface area contributed by atoms with Gasteiger partial charge in [0.05, 0.1) is 30.2 Å². The molecular weight excluding hydrogens is 522 g/mol. The number of carbonyl (C=O) groups excluding carboxylic acids is 2. The highest BCUT2D eigenvalue weighted by molar-refractivity contribution is 7.92. The lowest BCUT2D eigenvalue weighted by Gasteiger charge is -2.12. The standard InChI is InChI=1S/C28H25N3O7S/c1-18-9-11-23(19(2)14-18)31-39(34,35)22-7-4-6-21(16-22)27(32)30-29-17-20-10-12-24(26(15-20)36-3)38-28(33)25-8-5-13-37-25/h4-17,31H,1-3H3,(H,30,32)/b29-17-. The summed E-state index contributed by atoms with van der Waals surface area (Å²) in [5.41, 5.74) is 5.26. The molecule has 0 unspecified atom stereocenters. The van der Waals surface area contributed by atoms with Crippen LogP contribution in [0.15, 0.2) is 93.5 Å². The van der Waals surface area contributed by atoms with E-state index in [1.54, 1.807) is 24.3 Å². The van der Waals surface area contributed by atoms with E-state index < -0.39 is 21.9 Å². The van der Waals surface area contributed by atoms with Gasteiger partial charge in [0.25, 0.3) is 15.9 Å². The van der Waals surface area contributed by atoms with E-state index >= 15 is 0 Å². The third-order valence-electron chi connectivity index (χ3n) is 5.53. The molecule has 1 heterocycles. The van der Waals surface area contributed by atoms with Gasteiger partial charge in [0.2, 0.25) is 5.76 Å². The third-order valence-corrected chi connectivity index (χ3v) is 6.89. The second-order valence-corrected chi connectivity index (χ2v) is 10.1. The van der Waals surface area contributed by atoms with Crippen molar-refractivity contribution in [2.24, 2.45) is 5.10 Å². The molecule has 0 fully saturated rings. The van der Waals surface area contributed by atoms with Crippen molar-refractivity contribution in [3.05, 3.63) is 107 Å². The number of rotatable bonds is 9. The van der Waals surface area contributed by atoms with Crippen LogP contribution >= 0.6 is 0 Å². The number of aryl methyl sites for hydroxylation is 2. The van der Waals surface area contributed by atoms with Crippen molar-refractivity contribution >= 4 is 33.8 Å². The zero-order valence-corrected chi connectivity index (χ0v) is 22.1. The predicted molar refractivity (Wildman–Crippen MR) is 145 cm³/mol. The Morgan fingerprint density at radius 1 is 0.949 bits per heavy atom. The maximum atomic E-state index is 12.9. The molecule has 2 N–H and O–H groups in total. The summed E-state index contributed by atoms with van der Waals surface area (Å²) in [7, 11) is -2.51. The third kappa shape index (κ3) is 6.70. The number of amides is 1. The van der Waals surface area contributed by atoms with Gasteiger partial charge in [-0.05, 0) is 79.6 Å². The van der Waals surface area contributed by atoms with E-state index in [1.807, 2.05) is 26.0 Å². The van der Waals surface area contributed by atoms with Crippen LogP contribution in [0.5, 0.6) is 11.5 Å². The van der Waals surface area contributed by atoms with Crippen LogP contribution in [-0.2, 0) is 10.0 Å². The number of nitrogens with zero attached hydrogens (tertiary/aromatic N) is 1. The minimum absolute atomic E-state index is 0.0447. The van der Waals surface area contributed by atoms with Crippen LogP contribution in [0.4, 0.5) is 5.69 Å². The Kier molecular flexibility index (Phi) is 8.11. The molecule has 4 aromatic rings. The highest BCUT2D eigenvalue weighted by Crippen LogP contribution is 2.28. The number of furan rings is 1. The first-order chi connectivity index (χ1) is 18.7. The van der Waals surface area contributed by atoms with E-state index in [9.17, 15) is 18.0 Å². The summed E-state index contributed by atoms with van der Waals surface area (Å²) in [5.74, 6) is -0.804. The number of carbonyl (C=O) groups is 2. The molecule has 10 nitrogen and oxygen atoms in total. The van der Waals surface area contributed by atoms with E-state index in [0.717, 1.165) is 11.1 Å². The normalized spacial score (nSPS) is 11.3. The Bertz CT molecular complexity index is 1650. The zero-order chi connectivity index (χ0) is 28.0. The number of benzene rings is 3. The molecule has 1 amide bonds. The van der Waals surface area contributed by atoms with Gasteiger partial charge >= 0.3 is 5.97 Å². The van der Waals surface area contributed by atoms with Crippen molar-refractivity contribution in [3.63, 3.8) is 0 Å². The fourth-order valence-electron chi connectivity index (χ4n) is 3.56. The Morgan fingerprint density at radius 3 is 2.49 bits per heavy atom. The Hall–Kier alpha value is -4.90. The second kappa shape index (κ2) is 11.7. The Labute approximate surface area is 225 Å². The number of hydrogen-bond donors (Lipinski definition) is 2. The maximum absolute atomic E-state index is 12.9. The largest absolute Gasteiger partial charge is 0.493 e. The summed E-state index contributed by atoms with van der Waals surface area (Å²) in [4.78, 5) is 24.7. The summed E-state index contributed by atoms with van der Waals surface area (Å²) < 4.78 is 44.0. The van der Waals surface area contributed by atoms with Gasteiger partial charge in [-0.1, -0.05) is 23.8 Å². The average molecular weight is 548 g/mol. The summed E-state index contributed by atoms with van der Waals surface area (Å²) in [5, 5.41) is 3.94. The highest BCUT2D eigenvalue weighted by atomic mass is 32.2. The number of sulfonamides is 1. The topological polar surface area (TPSA) is 136 Å². The van der Waals surface area contributed by atoms with Crippen LogP contribution in [0.2, 0.25) is 0 Å². The number of esters is 1. The van der Waals surface area contributed by atoms with Crippen LogP contribution < -0.4 is 19.6 Å². The van der Waals surface area contributed by atoms with E-state index in [-0.39, 0.29) is 27.7 Å². The molecular formula is C28H25N3O7S. The number of ether oxygens (including phenoxy) is 2. The molecule has 0 aliphatic heterocycles. The van der Waals surface area contributed by atoms with Gasteiger partial charge in [-0.3, -0.25) is 9.52 Å². The minimum Gasteiger partial charge on any atom is -0.493 e. The highest BCUT2D eigenvalue weighted by Gasteiger charge is 2.18. The molecule has 0 atom stereocenters. The fourth-order valence-corrected chi connectivity index (χ4v) is 4.74. The van der Waals surface area contributed by atoms with E-state index in [2.05, 4.69) is 15.2 Å². The van der Waals surface area contributed by atoms with E-state index in [4.69, 9.17) is 13.9 Å². The molecule has 0 bridgehead atoms. The first-order valence-electron chi connectivity index (χ1n) is 11.6. The molecule has 3 aromatic carbocycles. The SMILES string of the molecule is COc1cc(/C=N\NC(=O)c2cccc(S(=O)(=O)Nc3ccc(C)cc3C)c2)ccc1OC(=O)c1ccco1. The summed E-state index contributed by atoms with van der Waals surface area (Å²) in [6.45, 7) is 3.73. The van der Waals surface area contributed by atoms with Crippen molar-refractivity contribution in [1.29, 1.82) is 0 Å². The smallest absolute Gasteiger partial charge is 0.379 e. The number of methoxy groups -OCH3 is 1. The van der Waals surface area contributed by atoms with Crippen LogP contribution in [0.3, 0.4) is 0 Å². The monoisotopic (exact) mass is 547 g/mol. The van der Waals surface area contributed by atoms with Gasteiger partial charge in [-0.2, -0.15) is 5.10 Å². The molecule has 39 heavy (non-hydrogen) atoms. The fraction of sp³-hybridized carbons (Fsp3) is 0.107. The molecule has 1 aromatic heterocycles. The van der Waals surface area contributed by atoms with Crippen molar-refractivity contribution in [2.75, 3.05) is 11.8 Å². The molecule has 0 aliphatic carbocycles. The summed E-state index contributed by atoms with van der Waals surface area (Å²) >= 11 is 0. The van der Waals surface area contributed by atoms with Gasteiger partial charge in [-0.15, -0.1) is 0 Å². The number of hydrazone groups is 1. The van der Waals surface area contributed by atoms with Gasteiger partial charge in [0.15, 0.2) is 11.5 Å². The summed E-state index contributed by atoms with van der Waals surface area (Å²) in [6.07, 6.45) is 2.72. The molecule has 0 spiro atoms.